The molecule has 1 saturated heterocycles. The van der Waals surface area contributed by atoms with Crippen molar-refractivity contribution in [1.29, 1.82) is 0 Å². The van der Waals surface area contributed by atoms with E-state index < -0.39 is 29.4 Å². The summed E-state index contributed by atoms with van der Waals surface area (Å²) in [6, 6.07) is 11.4. The fraction of sp³-hybridized carbons (Fsp3) is 0.516. The number of hydrogen-bond acceptors (Lipinski definition) is 9. The number of fused-ring (bicyclic) bond motifs is 1. The predicted octanol–water partition coefficient (Wildman–Crippen LogP) is 6.26. The monoisotopic (exact) mass is 595 g/mol. The van der Waals surface area contributed by atoms with Gasteiger partial charge in [0.05, 0.1) is 6.61 Å². The summed E-state index contributed by atoms with van der Waals surface area (Å²) in [7, 11) is 1.67. The minimum Gasteiger partial charge on any atom is -0.493 e. The Hall–Kier alpha value is -4.19. The van der Waals surface area contributed by atoms with Gasteiger partial charge in [-0.1, -0.05) is 23.4 Å². The Kier molecular flexibility index (Phi) is 9.90. The number of likely N-dealkylation sites (tertiary alicyclic amines) is 1. The van der Waals surface area contributed by atoms with Gasteiger partial charge in [-0.3, -0.25) is 5.32 Å². The van der Waals surface area contributed by atoms with Crippen LogP contribution in [-0.4, -0.2) is 71.3 Å². The molecule has 12 heteroatoms. The average Bonchev–Trinajstić information content (AvgIpc) is 3.58. The van der Waals surface area contributed by atoms with Gasteiger partial charge in [0.2, 0.25) is 17.7 Å². The fourth-order valence-electron chi connectivity index (χ4n) is 4.54. The number of aromatic nitrogens is 2. The van der Waals surface area contributed by atoms with Crippen molar-refractivity contribution in [2.24, 2.45) is 4.99 Å². The Bertz CT molecular complexity index is 1450. The third-order valence-electron chi connectivity index (χ3n) is 6.29. The maximum atomic E-state index is 12.7. The maximum absolute atomic E-state index is 12.7. The van der Waals surface area contributed by atoms with Gasteiger partial charge >= 0.3 is 12.2 Å². The number of carbonyl (C=O) groups excluding carboxylic acids is 2. The van der Waals surface area contributed by atoms with Crippen molar-refractivity contribution in [2.45, 2.75) is 78.0 Å². The number of carbonyl (C=O) groups is 2. The second-order valence-corrected chi connectivity index (χ2v) is 12.3. The molecule has 1 atom stereocenters. The zero-order valence-corrected chi connectivity index (χ0v) is 25.9. The van der Waals surface area contributed by atoms with Gasteiger partial charge < -0.3 is 28.4 Å². The lowest BCUT2D eigenvalue weighted by molar-refractivity contribution is 0.0553. The molecule has 12 nitrogen and oxygen atoms in total. The van der Waals surface area contributed by atoms with Crippen LogP contribution in [0.5, 0.6) is 5.75 Å². The minimum atomic E-state index is -0.838. The van der Waals surface area contributed by atoms with Crippen LogP contribution in [0.2, 0.25) is 0 Å². The quantitative estimate of drug-likeness (QED) is 0.189. The molecule has 0 radical (unpaired) electrons. The number of ether oxygens (including phenoxy) is 4. The lowest BCUT2D eigenvalue weighted by Crippen LogP contribution is -2.46. The lowest BCUT2D eigenvalue weighted by Gasteiger charge is -2.27. The number of rotatable bonds is 7. The molecule has 0 bridgehead atoms. The molecular formula is C31H41N5O7. The van der Waals surface area contributed by atoms with Crippen LogP contribution in [0.1, 0.15) is 72.7 Å². The van der Waals surface area contributed by atoms with Crippen LogP contribution < -0.4 is 10.1 Å². The summed E-state index contributed by atoms with van der Waals surface area (Å²) in [6.45, 7) is 12.2. The van der Waals surface area contributed by atoms with Gasteiger partial charge in [0.1, 0.15) is 23.0 Å². The van der Waals surface area contributed by atoms with Crippen LogP contribution in [0.15, 0.2) is 45.9 Å². The topological polar surface area (TPSA) is 138 Å². The first-order valence-electron chi connectivity index (χ1n) is 14.4. The molecule has 3 aromatic rings. The van der Waals surface area contributed by atoms with Gasteiger partial charge in [-0.25, -0.2) is 9.59 Å². The second kappa shape index (κ2) is 13.4. The lowest BCUT2D eigenvalue weighted by atomic mass is 10.1. The standard InChI is InChI=1S/C31H41N5O7/c1-30(2,3)41-28(37)33-27(34-29(38)42-31(4,5)6)36-15-8-10-24(36)26-32-25(35-43-26)22-12-11-21-19-23(14-13-20(21)18-22)40-17-9-16-39-7/h11-14,18-19,24H,8-10,15-17H2,1-7H3,(H,33,34,37,38). The molecule has 1 fully saturated rings. The van der Waals surface area contributed by atoms with E-state index in [1.54, 1.807) is 53.6 Å². The van der Waals surface area contributed by atoms with E-state index in [0.29, 0.717) is 37.9 Å². The molecule has 43 heavy (non-hydrogen) atoms. The Morgan fingerprint density at radius 3 is 2.47 bits per heavy atom. The highest BCUT2D eigenvalue weighted by molar-refractivity contribution is 5.99. The van der Waals surface area contributed by atoms with E-state index in [-0.39, 0.29) is 5.96 Å². The highest BCUT2D eigenvalue weighted by atomic mass is 16.6. The Labute approximate surface area is 251 Å². The third kappa shape index (κ3) is 9.15. The van der Waals surface area contributed by atoms with Crippen molar-refractivity contribution in [3.05, 3.63) is 42.3 Å². The van der Waals surface area contributed by atoms with Crippen molar-refractivity contribution in [2.75, 3.05) is 26.9 Å². The molecule has 2 amide bonds. The number of benzene rings is 2. The summed E-state index contributed by atoms with van der Waals surface area (Å²) in [5, 5.41) is 8.88. The van der Waals surface area contributed by atoms with E-state index in [0.717, 1.165) is 34.9 Å². The summed E-state index contributed by atoms with van der Waals surface area (Å²) in [5.74, 6) is 1.56. The third-order valence-corrected chi connectivity index (χ3v) is 6.29. The van der Waals surface area contributed by atoms with Gasteiger partial charge in [0.15, 0.2) is 0 Å². The second-order valence-electron chi connectivity index (χ2n) is 12.3. The van der Waals surface area contributed by atoms with Crippen molar-refractivity contribution >= 4 is 28.9 Å². The van der Waals surface area contributed by atoms with Crippen LogP contribution in [0.25, 0.3) is 22.2 Å². The molecule has 1 aliphatic rings. The van der Waals surface area contributed by atoms with E-state index >= 15 is 0 Å². The smallest absolute Gasteiger partial charge is 0.437 e. The molecule has 4 rings (SSSR count). The molecule has 2 heterocycles. The molecular weight excluding hydrogens is 554 g/mol. The number of amides is 2. The molecule has 1 N–H and O–H groups in total. The summed E-state index contributed by atoms with van der Waals surface area (Å²) in [4.78, 5) is 35.8. The number of guanidine groups is 1. The Morgan fingerprint density at radius 1 is 1.02 bits per heavy atom. The number of hydrogen-bond donors (Lipinski definition) is 1. The van der Waals surface area contributed by atoms with Gasteiger partial charge in [0.25, 0.3) is 0 Å². The molecule has 0 spiro atoms. The Balaban J connectivity index is 1.54. The van der Waals surface area contributed by atoms with E-state index in [1.807, 2.05) is 36.4 Å². The molecule has 1 unspecified atom stereocenters. The number of nitrogens with zero attached hydrogens (tertiary/aromatic N) is 4. The highest BCUT2D eigenvalue weighted by Gasteiger charge is 2.35. The van der Waals surface area contributed by atoms with Crippen molar-refractivity contribution < 1.29 is 33.1 Å². The van der Waals surface area contributed by atoms with E-state index in [4.69, 9.17) is 23.5 Å². The molecule has 0 saturated carbocycles. The largest absolute Gasteiger partial charge is 0.493 e. The first-order chi connectivity index (χ1) is 20.3. The van der Waals surface area contributed by atoms with E-state index in [1.165, 1.54) is 0 Å². The average molecular weight is 596 g/mol. The van der Waals surface area contributed by atoms with E-state index in [2.05, 4.69) is 20.4 Å². The molecule has 1 aromatic heterocycles. The SMILES string of the molecule is COCCCOc1ccc2cc(-c3noc(C4CCCN4C(=NC(=O)OC(C)(C)C)NC(=O)OC(C)(C)C)n3)ccc2c1. The van der Waals surface area contributed by atoms with Gasteiger partial charge in [-0.05, 0) is 83.4 Å². The zero-order valence-electron chi connectivity index (χ0n) is 25.9. The van der Waals surface area contributed by atoms with Gasteiger partial charge in [-0.2, -0.15) is 4.98 Å². The number of alkyl carbamates (subject to hydrolysis) is 1. The summed E-state index contributed by atoms with van der Waals surface area (Å²) in [6.07, 6.45) is 0.631. The predicted molar refractivity (Wildman–Crippen MR) is 161 cm³/mol. The first kappa shape index (κ1) is 31.7. The van der Waals surface area contributed by atoms with Gasteiger partial charge in [0, 0.05) is 32.2 Å². The first-order valence-corrected chi connectivity index (χ1v) is 14.4. The number of nitrogens with one attached hydrogen (secondary N) is 1. The molecule has 2 aromatic carbocycles. The van der Waals surface area contributed by atoms with Crippen LogP contribution in [0.3, 0.4) is 0 Å². The van der Waals surface area contributed by atoms with Crippen molar-refractivity contribution in [3.8, 4) is 17.1 Å². The van der Waals surface area contributed by atoms with Crippen LogP contribution in [-0.2, 0) is 14.2 Å². The maximum Gasteiger partial charge on any atom is 0.437 e. The Morgan fingerprint density at radius 2 is 1.74 bits per heavy atom. The van der Waals surface area contributed by atoms with Crippen molar-refractivity contribution in [1.82, 2.24) is 20.4 Å². The van der Waals surface area contributed by atoms with Crippen LogP contribution in [0.4, 0.5) is 9.59 Å². The van der Waals surface area contributed by atoms with Crippen LogP contribution in [0, 0.1) is 0 Å². The molecule has 0 aliphatic carbocycles. The summed E-state index contributed by atoms with van der Waals surface area (Å²) < 4.78 is 27.4. The van der Waals surface area contributed by atoms with Crippen LogP contribution >= 0.6 is 0 Å². The summed E-state index contributed by atoms with van der Waals surface area (Å²) >= 11 is 0. The molecule has 1 aliphatic heterocycles. The number of methoxy groups -OCH3 is 1. The minimum absolute atomic E-state index is 0.00306. The normalized spacial score (nSPS) is 15.9. The van der Waals surface area contributed by atoms with Gasteiger partial charge in [-0.15, -0.1) is 4.99 Å². The zero-order chi connectivity index (χ0) is 31.2. The van der Waals surface area contributed by atoms with Crippen molar-refractivity contribution in [3.63, 3.8) is 0 Å². The van der Waals surface area contributed by atoms with E-state index in [9.17, 15) is 9.59 Å². The summed E-state index contributed by atoms with van der Waals surface area (Å²) in [5.41, 5.74) is -0.719. The fourth-order valence-corrected chi connectivity index (χ4v) is 4.54. The molecule has 232 valence electrons. The highest BCUT2D eigenvalue weighted by Crippen LogP contribution is 2.33. The number of aliphatic imine (C=N–C) groups is 1.